The van der Waals surface area contributed by atoms with Gasteiger partial charge in [-0.25, -0.2) is 4.79 Å². The highest BCUT2D eigenvalue weighted by Gasteiger charge is 2.56. The van der Waals surface area contributed by atoms with Crippen molar-refractivity contribution in [3.63, 3.8) is 0 Å². The van der Waals surface area contributed by atoms with E-state index in [2.05, 4.69) is 4.90 Å². The van der Waals surface area contributed by atoms with Crippen LogP contribution in [0.3, 0.4) is 0 Å². The summed E-state index contributed by atoms with van der Waals surface area (Å²) in [6.45, 7) is 3.81. The molecule has 2 atom stereocenters. The molecular formula is C15H19NO3. The van der Waals surface area contributed by atoms with Gasteiger partial charge in [-0.2, -0.15) is 0 Å². The van der Waals surface area contributed by atoms with Gasteiger partial charge in [-0.3, -0.25) is 4.90 Å². The summed E-state index contributed by atoms with van der Waals surface area (Å²) < 4.78 is 11.1. The van der Waals surface area contributed by atoms with E-state index in [9.17, 15) is 4.79 Å². The Morgan fingerprint density at radius 1 is 1.42 bits per heavy atom. The van der Waals surface area contributed by atoms with Gasteiger partial charge in [0.05, 0.1) is 13.2 Å². The van der Waals surface area contributed by atoms with E-state index in [0.29, 0.717) is 13.2 Å². The van der Waals surface area contributed by atoms with Gasteiger partial charge in [-0.05, 0) is 25.3 Å². The van der Waals surface area contributed by atoms with Crippen LogP contribution in [0.25, 0.3) is 0 Å². The monoisotopic (exact) mass is 261 g/mol. The van der Waals surface area contributed by atoms with Crippen LogP contribution in [-0.2, 0) is 20.9 Å². The van der Waals surface area contributed by atoms with Crippen LogP contribution in [0.2, 0.25) is 0 Å². The van der Waals surface area contributed by atoms with E-state index >= 15 is 0 Å². The topological polar surface area (TPSA) is 38.8 Å². The van der Waals surface area contributed by atoms with Crippen LogP contribution in [0.4, 0.5) is 0 Å². The summed E-state index contributed by atoms with van der Waals surface area (Å²) in [6.07, 6.45) is 1.76. The standard InChI is InChI=1S/C15H19NO3/c1-12-16-9-5-8-15(16,14(17)19-12)11-18-10-13-6-3-2-4-7-13/h2-4,6-7,12H,5,8-11H2,1H3/t12-,15-/m1/s1. The Labute approximate surface area is 113 Å². The highest BCUT2D eigenvalue weighted by atomic mass is 16.6. The molecule has 19 heavy (non-hydrogen) atoms. The molecule has 2 saturated heterocycles. The number of cyclic esters (lactones) is 1. The second-order valence-electron chi connectivity index (χ2n) is 5.31. The van der Waals surface area contributed by atoms with Crippen LogP contribution in [0, 0.1) is 0 Å². The van der Waals surface area contributed by atoms with Gasteiger partial charge in [0.1, 0.15) is 5.54 Å². The second kappa shape index (κ2) is 4.94. The molecule has 1 aromatic carbocycles. The lowest BCUT2D eigenvalue weighted by Crippen LogP contribution is -2.49. The van der Waals surface area contributed by atoms with Crippen LogP contribution >= 0.6 is 0 Å². The Morgan fingerprint density at radius 2 is 2.21 bits per heavy atom. The highest BCUT2D eigenvalue weighted by Crippen LogP contribution is 2.38. The summed E-state index contributed by atoms with van der Waals surface area (Å²) in [5, 5.41) is 0. The summed E-state index contributed by atoms with van der Waals surface area (Å²) in [5.41, 5.74) is 0.594. The fourth-order valence-electron chi connectivity index (χ4n) is 3.10. The van der Waals surface area contributed by atoms with E-state index in [0.717, 1.165) is 24.9 Å². The van der Waals surface area contributed by atoms with Crippen molar-refractivity contribution in [3.8, 4) is 0 Å². The van der Waals surface area contributed by atoms with E-state index in [1.54, 1.807) is 0 Å². The molecule has 2 aliphatic rings. The van der Waals surface area contributed by atoms with Gasteiger partial charge in [-0.15, -0.1) is 0 Å². The molecule has 2 aliphatic heterocycles. The first-order valence-corrected chi connectivity index (χ1v) is 6.82. The van der Waals surface area contributed by atoms with E-state index < -0.39 is 5.54 Å². The van der Waals surface area contributed by atoms with Crippen molar-refractivity contribution in [2.45, 2.75) is 38.1 Å². The first-order chi connectivity index (χ1) is 9.22. The number of hydrogen-bond acceptors (Lipinski definition) is 4. The third kappa shape index (κ3) is 2.15. The number of esters is 1. The first kappa shape index (κ1) is 12.6. The minimum atomic E-state index is -0.534. The summed E-state index contributed by atoms with van der Waals surface area (Å²) in [4.78, 5) is 14.2. The molecule has 0 unspecified atom stereocenters. The van der Waals surface area contributed by atoms with E-state index in [1.165, 1.54) is 0 Å². The van der Waals surface area contributed by atoms with E-state index in [-0.39, 0.29) is 12.2 Å². The molecule has 2 fully saturated rings. The van der Waals surface area contributed by atoms with Crippen LogP contribution < -0.4 is 0 Å². The van der Waals surface area contributed by atoms with Gasteiger partial charge >= 0.3 is 5.97 Å². The molecule has 0 amide bonds. The average Bonchev–Trinajstić information content (AvgIpc) is 2.93. The third-order valence-corrected chi connectivity index (χ3v) is 4.09. The van der Waals surface area contributed by atoms with Crippen molar-refractivity contribution in [3.05, 3.63) is 35.9 Å². The zero-order valence-electron chi connectivity index (χ0n) is 11.2. The Balaban J connectivity index is 1.64. The minimum Gasteiger partial charge on any atom is -0.445 e. The van der Waals surface area contributed by atoms with Crippen molar-refractivity contribution < 1.29 is 14.3 Å². The van der Waals surface area contributed by atoms with Crippen molar-refractivity contribution >= 4 is 5.97 Å². The highest BCUT2D eigenvalue weighted by molar-refractivity contribution is 5.83. The Bertz CT molecular complexity index is 462. The maximum absolute atomic E-state index is 12.1. The van der Waals surface area contributed by atoms with Crippen LogP contribution in [0.1, 0.15) is 25.3 Å². The van der Waals surface area contributed by atoms with Crippen LogP contribution in [0.15, 0.2) is 30.3 Å². The molecule has 0 radical (unpaired) electrons. The average molecular weight is 261 g/mol. The Kier molecular flexibility index (Phi) is 3.29. The molecule has 1 aromatic rings. The van der Waals surface area contributed by atoms with E-state index in [4.69, 9.17) is 9.47 Å². The molecule has 3 rings (SSSR count). The number of rotatable bonds is 4. The van der Waals surface area contributed by atoms with Gasteiger partial charge < -0.3 is 9.47 Å². The summed E-state index contributed by atoms with van der Waals surface area (Å²) >= 11 is 0. The maximum atomic E-state index is 12.1. The van der Waals surface area contributed by atoms with Gasteiger partial charge in [0.25, 0.3) is 0 Å². The van der Waals surface area contributed by atoms with E-state index in [1.807, 2.05) is 37.3 Å². The van der Waals surface area contributed by atoms with Gasteiger partial charge in [0, 0.05) is 6.54 Å². The first-order valence-electron chi connectivity index (χ1n) is 6.82. The summed E-state index contributed by atoms with van der Waals surface area (Å²) in [6, 6.07) is 10.0. The van der Waals surface area contributed by atoms with Gasteiger partial charge in [-0.1, -0.05) is 30.3 Å². The molecular weight excluding hydrogens is 242 g/mol. The molecule has 4 nitrogen and oxygen atoms in total. The fraction of sp³-hybridized carbons (Fsp3) is 0.533. The molecule has 0 saturated carbocycles. The van der Waals surface area contributed by atoms with Gasteiger partial charge in [0.15, 0.2) is 6.23 Å². The molecule has 0 aromatic heterocycles. The lowest BCUT2D eigenvalue weighted by Gasteiger charge is -2.27. The second-order valence-corrected chi connectivity index (χ2v) is 5.31. The molecule has 0 spiro atoms. The number of benzene rings is 1. The SMILES string of the molecule is C[C@H]1OC(=O)[C@]2(COCc3ccccc3)CCCN12. The predicted molar refractivity (Wildman–Crippen MR) is 70.3 cm³/mol. The van der Waals surface area contributed by atoms with Crippen molar-refractivity contribution in [2.75, 3.05) is 13.2 Å². The fourth-order valence-corrected chi connectivity index (χ4v) is 3.10. The van der Waals surface area contributed by atoms with Crippen LogP contribution in [-0.4, -0.2) is 35.8 Å². The Hall–Kier alpha value is -1.39. The number of hydrogen-bond donors (Lipinski definition) is 0. The molecule has 102 valence electrons. The molecule has 4 heteroatoms. The van der Waals surface area contributed by atoms with Gasteiger partial charge in [0.2, 0.25) is 0 Å². The predicted octanol–water partition coefficient (Wildman–Crippen LogP) is 1.94. The number of nitrogens with zero attached hydrogens (tertiary/aromatic N) is 1. The molecule has 0 N–H and O–H groups in total. The summed E-state index contributed by atoms with van der Waals surface area (Å²) in [5.74, 6) is -0.120. The number of fused-ring (bicyclic) bond motifs is 1. The lowest BCUT2D eigenvalue weighted by molar-refractivity contribution is -0.146. The molecule has 0 aliphatic carbocycles. The normalized spacial score (nSPS) is 30.4. The zero-order valence-corrected chi connectivity index (χ0v) is 11.2. The summed E-state index contributed by atoms with van der Waals surface area (Å²) in [7, 11) is 0. The number of carbonyl (C=O) groups excluding carboxylic acids is 1. The van der Waals surface area contributed by atoms with Crippen molar-refractivity contribution in [1.82, 2.24) is 4.90 Å². The largest absolute Gasteiger partial charge is 0.445 e. The smallest absolute Gasteiger partial charge is 0.330 e. The van der Waals surface area contributed by atoms with Crippen molar-refractivity contribution in [1.29, 1.82) is 0 Å². The number of ether oxygens (including phenoxy) is 2. The molecule has 2 heterocycles. The quantitative estimate of drug-likeness (QED) is 0.776. The minimum absolute atomic E-state index is 0.115. The number of carbonyl (C=O) groups is 1. The maximum Gasteiger partial charge on any atom is 0.330 e. The van der Waals surface area contributed by atoms with Crippen LogP contribution in [0.5, 0.6) is 0 Å². The molecule has 0 bridgehead atoms. The third-order valence-electron chi connectivity index (χ3n) is 4.09. The lowest BCUT2D eigenvalue weighted by atomic mass is 9.98. The zero-order chi connectivity index (χ0) is 13.3. The van der Waals surface area contributed by atoms with Crippen molar-refractivity contribution in [2.24, 2.45) is 0 Å². The Morgan fingerprint density at radius 3 is 3.00 bits per heavy atom.